The second kappa shape index (κ2) is 8.08. The Balaban J connectivity index is 2.75. The second-order valence-corrected chi connectivity index (χ2v) is 7.16. The summed E-state index contributed by atoms with van der Waals surface area (Å²) in [6, 6.07) is 7.05. The highest BCUT2D eigenvalue weighted by molar-refractivity contribution is 8.04. The van der Waals surface area contributed by atoms with Crippen molar-refractivity contribution in [3.8, 4) is 5.75 Å². The van der Waals surface area contributed by atoms with Gasteiger partial charge in [0, 0.05) is 18.8 Å². The maximum absolute atomic E-state index is 10.6. The molecule has 104 valence electrons. The topological polar surface area (TPSA) is 41.9 Å². The van der Waals surface area contributed by atoms with Crippen LogP contribution in [-0.2, 0) is 11.8 Å². The van der Waals surface area contributed by atoms with Crippen LogP contribution in [0.2, 0.25) is 0 Å². The molecule has 0 heterocycles. The number of hydrogen-bond donors (Lipinski definition) is 0. The molecule has 2 atom stereocenters. The molecule has 1 aromatic carbocycles. The van der Waals surface area contributed by atoms with E-state index < -0.39 is 6.85 Å². The summed E-state index contributed by atoms with van der Waals surface area (Å²) in [4.78, 5) is 10.6. The van der Waals surface area contributed by atoms with Gasteiger partial charge in [-0.2, -0.15) is 5.10 Å². The minimum atomic E-state index is -1.31. The Bertz CT molecular complexity index is 462. The van der Waals surface area contributed by atoms with Crippen LogP contribution in [0, 0.1) is 0 Å². The highest BCUT2D eigenvalue weighted by Gasteiger charge is 2.16. The van der Waals surface area contributed by atoms with Crippen molar-refractivity contribution >= 4 is 31.2 Å². The fourth-order valence-electron chi connectivity index (χ4n) is 1.54. The van der Waals surface area contributed by atoms with E-state index in [1.807, 2.05) is 25.7 Å². The molecular formula is C13H19N2O2PS. The minimum Gasteiger partial charge on any atom is -0.484 e. The van der Waals surface area contributed by atoms with Crippen molar-refractivity contribution in [2.75, 3.05) is 7.05 Å². The van der Waals surface area contributed by atoms with Crippen LogP contribution >= 0.6 is 6.85 Å². The van der Waals surface area contributed by atoms with Gasteiger partial charge in [-0.1, -0.05) is 18.7 Å². The molecule has 0 saturated heterocycles. The molecule has 0 fully saturated rings. The van der Waals surface area contributed by atoms with E-state index in [0.29, 0.717) is 5.56 Å². The average molecular weight is 298 g/mol. The molecule has 0 amide bonds. The second-order valence-electron chi connectivity index (χ2n) is 3.94. The zero-order valence-corrected chi connectivity index (χ0v) is 13.2. The number of nitrogens with zero attached hydrogens (tertiary/aromatic N) is 2. The molecule has 0 aliphatic rings. The van der Waals surface area contributed by atoms with Gasteiger partial charge >= 0.3 is 0 Å². The zero-order valence-electron chi connectivity index (χ0n) is 11.4. The third-order valence-electron chi connectivity index (χ3n) is 2.55. The van der Waals surface area contributed by atoms with E-state index in [-0.39, 0.29) is 5.85 Å². The van der Waals surface area contributed by atoms with Crippen LogP contribution in [0.4, 0.5) is 0 Å². The van der Waals surface area contributed by atoms with Gasteiger partial charge in [0.05, 0.1) is 6.85 Å². The molecule has 0 radical (unpaired) electrons. The molecule has 6 heteroatoms. The van der Waals surface area contributed by atoms with Gasteiger partial charge in [-0.25, -0.2) is 0 Å². The lowest BCUT2D eigenvalue weighted by atomic mass is 10.2. The largest absolute Gasteiger partial charge is 0.484 e. The number of hydrogen-bond acceptors (Lipinski definition) is 4. The third kappa shape index (κ3) is 4.77. The third-order valence-corrected chi connectivity index (χ3v) is 5.96. The van der Waals surface area contributed by atoms with Gasteiger partial charge in [0.2, 0.25) is 0 Å². The smallest absolute Gasteiger partial charge is 0.150 e. The maximum Gasteiger partial charge on any atom is 0.150 e. The highest BCUT2D eigenvalue weighted by Crippen LogP contribution is 2.35. The molecule has 0 bridgehead atoms. The van der Waals surface area contributed by atoms with Gasteiger partial charge in [-0.15, -0.1) is 0 Å². The summed E-state index contributed by atoms with van der Waals surface area (Å²) in [7, 11) is 1.88. The molecule has 0 aliphatic heterocycles. The van der Waals surface area contributed by atoms with Gasteiger partial charge < -0.3 is 4.74 Å². The van der Waals surface area contributed by atoms with E-state index in [0.717, 1.165) is 18.5 Å². The molecule has 0 spiro atoms. The number of benzene rings is 1. The first-order chi connectivity index (χ1) is 9.12. The van der Waals surface area contributed by atoms with Crippen LogP contribution < -0.4 is 4.74 Å². The molecule has 0 aliphatic carbocycles. The molecule has 0 saturated carbocycles. The van der Waals surface area contributed by atoms with E-state index in [9.17, 15) is 4.79 Å². The average Bonchev–Trinajstić information content (AvgIpc) is 2.45. The Kier molecular flexibility index (Phi) is 6.74. The summed E-state index contributed by atoms with van der Waals surface area (Å²) in [6.07, 6.45) is 3.37. The predicted octanol–water partition coefficient (Wildman–Crippen LogP) is 3.14. The molecule has 2 unspecified atom stereocenters. The van der Waals surface area contributed by atoms with Crippen molar-refractivity contribution in [3.05, 3.63) is 29.8 Å². The van der Waals surface area contributed by atoms with E-state index in [1.165, 1.54) is 0 Å². The van der Waals surface area contributed by atoms with Crippen LogP contribution in [0.25, 0.3) is 0 Å². The van der Waals surface area contributed by atoms with E-state index in [1.54, 1.807) is 30.5 Å². The Morgan fingerprint density at radius 1 is 1.47 bits per heavy atom. The van der Waals surface area contributed by atoms with Gasteiger partial charge in [0.15, 0.2) is 0 Å². The zero-order chi connectivity index (χ0) is 14.3. The van der Waals surface area contributed by atoms with E-state index >= 15 is 0 Å². The summed E-state index contributed by atoms with van der Waals surface area (Å²) in [5.41, 5.74) is 0.636. The fraction of sp³-hybridized carbons (Fsp3) is 0.385. The number of carbonyl (C=O) groups is 1. The Hall–Kier alpha value is -1.19. The molecule has 0 aromatic heterocycles. The summed E-state index contributed by atoms with van der Waals surface area (Å²) in [6.45, 7) is 2.60. The summed E-state index contributed by atoms with van der Waals surface area (Å²) < 4.78 is 7.72. The van der Waals surface area contributed by atoms with Crippen LogP contribution in [0.3, 0.4) is 0 Å². The Morgan fingerprint density at radius 2 is 2.11 bits per heavy atom. The lowest BCUT2D eigenvalue weighted by Crippen LogP contribution is -2.16. The van der Waals surface area contributed by atoms with Crippen molar-refractivity contribution in [1.82, 2.24) is 4.78 Å². The van der Waals surface area contributed by atoms with Crippen molar-refractivity contribution in [2.45, 2.75) is 26.1 Å². The first kappa shape index (κ1) is 15.9. The van der Waals surface area contributed by atoms with Crippen LogP contribution in [-0.4, -0.2) is 30.2 Å². The van der Waals surface area contributed by atoms with Gasteiger partial charge in [-0.05, 0) is 37.6 Å². The molecule has 19 heavy (non-hydrogen) atoms. The standard InChI is InChI=1S/C13H19N2O2PS/c1-4-13(18(19)15(3)14-5-2)17-12-8-6-11(10-16)7-9-12/h5-10,13,18H,4H2,1-3H3/b14-5+. The van der Waals surface area contributed by atoms with E-state index in [4.69, 9.17) is 16.5 Å². The molecule has 4 nitrogen and oxygen atoms in total. The number of carbonyl (C=O) groups excluding carboxylic acids is 1. The number of rotatable bonds is 7. The van der Waals surface area contributed by atoms with Crippen molar-refractivity contribution < 1.29 is 9.53 Å². The van der Waals surface area contributed by atoms with Crippen LogP contribution in [0.1, 0.15) is 30.6 Å². The SMILES string of the molecule is C/C=N/N(C)[PH](=S)C(CC)Oc1ccc(C=O)cc1. The molecule has 1 rings (SSSR count). The van der Waals surface area contributed by atoms with Crippen molar-refractivity contribution in [3.63, 3.8) is 0 Å². The minimum absolute atomic E-state index is 0.0317. The van der Waals surface area contributed by atoms with Crippen molar-refractivity contribution in [1.29, 1.82) is 0 Å². The van der Waals surface area contributed by atoms with Gasteiger partial charge in [0.25, 0.3) is 0 Å². The highest BCUT2D eigenvalue weighted by atomic mass is 32.4. The van der Waals surface area contributed by atoms with Crippen LogP contribution in [0.5, 0.6) is 5.75 Å². The predicted molar refractivity (Wildman–Crippen MR) is 84.1 cm³/mol. The number of ether oxygens (including phenoxy) is 1. The molecular weight excluding hydrogens is 279 g/mol. The van der Waals surface area contributed by atoms with Gasteiger partial charge in [-0.3, -0.25) is 9.57 Å². The summed E-state index contributed by atoms with van der Waals surface area (Å²) in [5.74, 6) is 0.703. The Morgan fingerprint density at radius 3 is 2.58 bits per heavy atom. The summed E-state index contributed by atoms with van der Waals surface area (Å²) in [5, 5.41) is 4.19. The number of hydrazone groups is 1. The Labute approximate surface area is 119 Å². The van der Waals surface area contributed by atoms with Gasteiger partial charge in [0.1, 0.15) is 17.9 Å². The normalized spacial score (nSPS) is 14.1. The maximum atomic E-state index is 10.6. The monoisotopic (exact) mass is 298 g/mol. The fourth-order valence-corrected chi connectivity index (χ4v) is 3.55. The quantitative estimate of drug-likeness (QED) is 0.336. The number of aldehydes is 1. The summed E-state index contributed by atoms with van der Waals surface area (Å²) >= 11 is 5.53. The lowest BCUT2D eigenvalue weighted by Gasteiger charge is -2.24. The molecule has 0 N–H and O–H groups in total. The first-order valence-corrected chi connectivity index (χ1v) is 8.76. The van der Waals surface area contributed by atoms with E-state index in [2.05, 4.69) is 5.10 Å². The molecule has 1 aromatic rings. The first-order valence-electron chi connectivity index (χ1n) is 6.10. The van der Waals surface area contributed by atoms with Crippen LogP contribution in [0.15, 0.2) is 29.4 Å². The van der Waals surface area contributed by atoms with Crippen molar-refractivity contribution in [2.24, 2.45) is 5.10 Å². The lowest BCUT2D eigenvalue weighted by molar-refractivity contribution is 0.112.